The van der Waals surface area contributed by atoms with Crippen molar-refractivity contribution in [1.29, 1.82) is 21.0 Å². The Bertz CT molecular complexity index is 2020. The predicted molar refractivity (Wildman–Crippen MR) is 135 cm³/mol. The summed E-state index contributed by atoms with van der Waals surface area (Å²) in [7, 11) is 0. The molecule has 0 radical (unpaired) electrons. The molecule has 0 unspecified atom stereocenters. The van der Waals surface area contributed by atoms with Crippen molar-refractivity contribution in [2.45, 2.75) is 6.92 Å². The van der Waals surface area contributed by atoms with E-state index in [2.05, 4.69) is 19.9 Å². The van der Waals surface area contributed by atoms with E-state index in [1.165, 1.54) is 31.2 Å². The van der Waals surface area contributed by atoms with Gasteiger partial charge in [0.1, 0.15) is 52.9 Å². The Morgan fingerprint density at radius 3 is 1.57 bits per heavy atom. The molecule has 2 aromatic heterocycles. The molecule has 0 aliphatic heterocycles. The van der Waals surface area contributed by atoms with Gasteiger partial charge < -0.3 is 0 Å². The number of hydrogen-bond acceptors (Lipinski definition) is 10. The molecule has 0 spiro atoms. The van der Waals surface area contributed by atoms with Gasteiger partial charge in [0, 0.05) is 22.3 Å². The average molecular weight is 565 g/mol. The Kier molecular flexibility index (Phi) is 6.26. The van der Waals surface area contributed by atoms with E-state index in [4.69, 9.17) is 44.2 Å². The van der Waals surface area contributed by atoms with Crippen molar-refractivity contribution in [3.05, 3.63) is 91.0 Å². The van der Waals surface area contributed by atoms with Gasteiger partial charge in [-0.15, -0.1) is 0 Å². The third-order valence-corrected chi connectivity index (χ3v) is 6.81. The number of fused-ring (bicyclic) bond motifs is 6. The van der Waals surface area contributed by atoms with Gasteiger partial charge in [-0.05, 0) is 36.8 Å². The van der Waals surface area contributed by atoms with Crippen LogP contribution in [0.5, 0.6) is 0 Å². The molecule has 0 bridgehead atoms. The third-order valence-electron chi connectivity index (χ3n) is 6.09. The highest BCUT2D eigenvalue weighted by Gasteiger charge is 2.34. The molecule has 0 saturated carbocycles. The molecule has 6 rings (SSSR count). The fourth-order valence-electron chi connectivity index (χ4n) is 4.23. The molecule has 4 aromatic rings. The first-order chi connectivity index (χ1) is 19.1. The molecule has 0 atom stereocenters. The van der Waals surface area contributed by atoms with Crippen LogP contribution in [0.2, 0.25) is 10.0 Å². The van der Waals surface area contributed by atoms with Gasteiger partial charge in [0.15, 0.2) is 22.8 Å². The molecule has 0 saturated heterocycles. The van der Waals surface area contributed by atoms with E-state index >= 15 is 0 Å². The van der Waals surface area contributed by atoms with Gasteiger partial charge in [0.05, 0.1) is 10.0 Å². The summed E-state index contributed by atoms with van der Waals surface area (Å²) in [5.41, 5.74) is 1.48. The van der Waals surface area contributed by atoms with Crippen molar-refractivity contribution in [3.8, 4) is 46.8 Å². The molecule has 13 heteroatoms. The number of halogens is 3. The lowest BCUT2D eigenvalue weighted by Crippen LogP contribution is -2.05. The van der Waals surface area contributed by atoms with E-state index in [-0.39, 0.29) is 72.5 Å². The first-order valence-corrected chi connectivity index (χ1v) is 11.7. The number of hydrogen-bond donors (Lipinski definition) is 0. The van der Waals surface area contributed by atoms with Crippen molar-refractivity contribution >= 4 is 34.8 Å². The molecule has 2 aliphatic carbocycles. The molecule has 2 aromatic carbocycles. The van der Waals surface area contributed by atoms with E-state index in [0.29, 0.717) is 16.7 Å². The van der Waals surface area contributed by atoms with E-state index < -0.39 is 11.6 Å². The van der Waals surface area contributed by atoms with Gasteiger partial charge >= 0.3 is 0 Å². The van der Waals surface area contributed by atoms with Gasteiger partial charge in [-0.25, -0.2) is 24.3 Å². The summed E-state index contributed by atoms with van der Waals surface area (Å²) in [5.74, 6) is -1.35. The van der Waals surface area contributed by atoms with Crippen molar-refractivity contribution in [1.82, 2.24) is 19.9 Å². The third kappa shape index (κ3) is 3.83. The summed E-state index contributed by atoms with van der Waals surface area (Å²) >= 11 is 11.8. The van der Waals surface area contributed by atoms with Crippen molar-refractivity contribution in [3.63, 3.8) is 0 Å². The summed E-state index contributed by atoms with van der Waals surface area (Å²) in [5, 5.41) is 36.2. The minimum atomic E-state index is -0.495. The molecular weight excluding hydrogens is 558 g/mol. The predicted octanol–water partition coefficient (Wildman–Crippen LogP) is 4.62. The maximum Gasteiger partial charge on any atom is 0.214 e. The Morgan fingerprint density at radius 2 is 1.07 bits per heavy atom. The summed E-state index contributed by atoms with van der Waals surface area (Å²) in [6.45, 7) is 1.49. The van der Waals surface area contributed by atoms with Gasteiger partial charge in [-0.2, -0.15) is 21.0 Å². The van der Waals surface area contributed by atoms with Crippen LogP contribution in [-0.4, -0.2) is 31.5 Å². The zero-order chi connectivity index (χ0) is 28.9. The van der Waals surface area contributed by atoms with Crippen LogP contribution in [0.3, 0.4) is 0 Å². The van der Waals surface area contributed by atoms with Crippen molar-refractivity contribution in [2.24, 2.45) is 0 Å². The number of carbonyl (C=O) groups is 2. The SMILES string of the molecule is Cc1c(F)ccc2c1C(=O)c1nc(C#N)c(C#N)nc1-2.N#Cc1nc2c(nc1C#N)-c1cc(Cl)c(Cl)cc1C2=O. The zero-order valence-corrected chi connectivity index (χ0v) is 21.3. The van der Waals surface area contributed by atoms with Gasteiger partial charge in [0.25, 0.3) is 0 Å². The molecule has 2 aliphatic rings. The molecule has 0 N–H and O–H groups in total. The highest BCUT2D eigenvalue weighted by Crippen LogP contribution is 2.39. The van der Waals surface area contributed by atoms with Crippen LogP contribution >= 0.6 is 23.2 Å². The largest absolute Gasteiger partial charge is 0.287 e. The van der Waals surface area contributed by atoms with Crippen molar-refractivity contribution in [2.75, 3.05) is 0 Å². The summed E-state index contributed by atoms with van der Waals surface area (Å²) < 4.78 is 13.6. The summed E-state index contributed by atoms with van der Waals surface area (Å²) in [4.78, 5) is 40.3. The quantitative estimate of drug-likeness (QED) is 0.252. The fraction of sp³-hybridized carbons (Fsp3) is 0.0370. The Morgan fingerprint density at radius 1 is 0.650 bits per heavy atom. The first kappa shape index (κ1) is 26.0. The van der Waals surface area contributed by atoms with Crippen molar-refractivity contribution < 1.29 is 14.0 Å². The van der Waals surface area contributed by atoms with Crippen LogP contribution in [0, 0.1) is 58.1 Å². The standard InChI is InChI=1S/C14H5FN4O.C13H2Cl2N4O/c1-6-8(15)3-2-7-11(6)14(20)13-12(7)18-9(4-16)10(5-17)19-13;14-7-1-5-6(2-8(7)15)13(20)12-11(5)18-9(3-16)10(4-17)19-12/h2-3H,1H3;1-2H. The number of nitrogens with zero attached hydrogens (tertiary/aromatic N) is 8. The molecule has 188 valence electrons. The number of aromatic nitrogens is 4. The molecule has 40 heavy (non-hydrogen) atoms. The molecule has 0 amide bonds. The maximum absolute atomic E-state index is 13.6. The Balaban J connectivity index is 0.000000161. The highest BCUT2D eigenvalue weighted by molar-refractivity contribution is 6.43. The second kappa shape index (κ2) is 9.62. The Hall–Kier alpha value is -5.59. The monoisotopic (exact) mass is 564 g/mol. The highest BCUT2D eigenvalue weighted by atomic mass is 35.5. The minimum absolute atomic E-state index is 0.00995. The van der Waals surface area contributed by atoms with Gasteiger partial charge in [-0.3, -0.25) is 9.59 Å². The fourth-order valence-corrected chi connectivity index (χ4v) is 4.55. The van der Waals surface area contributed by atoms with E-state index in [1.54, 1.807) is 24.3 Å². The van der Waals surface area contributed by atoms with Crippen LogP contribution < -0.4 is 0 Å². The van der Waals surface area contributed by atoms with Gasteiger partial charge in [-0.1, -0.05) is 23.2 Å². The number of benzene rings is 2. The first-order valence-electron chi connectivity index (χ1n) is 11.0. The second-order valence-corrected chi connectivity index (χ2v) is 9.06. The Labute approximate surface area is 234 Å². The topological polar surface area (TPSA) is 181 Å². The second-order valence-electron chi connectivity index (χ2n) is 8.25. The summed E-state index contributed by atoms with van der Waals surface area (Å²) in [6, 6.07) is 12.6. The number of ketones is 2. The van der Waals surface area contributed by atoms with Gasteiger partial charge in [0.2, 0.25) is 11.6 Å². The average Bonchev–Trinajstić information content (AvgIpc) is 3.39. The lowest BCUT2D eigenvalue weighted by atomic mass is 10.0. The number of nitriles is 4. The lowest BCUT2D eigenvalue weighted by molar-refractivity contribution is 0.103. The molecule has 0 fully saturated rings. The number of carbonyl (C=O) groups excluding carboxylic acids is 2. The number of rotatable bonds is 0. The van der Waals surface area contributed by atoms with Crippen LogP contribution in [0.15, 0.2) is 24.3 Å². The summed E-state index contributed by atoms with van der Waals surface area (Å²) in [6.07, 6.45) is 0. The lowest BCUT2D eigenvalue weighted by Gasteiger charge is -2.02. The van der Waals surface area contributed by atoms with Crippen LogP contribution in [-0.2, 0) is 0 Å². The molecular formula is C27H7Cl2FN8O2. The van der Waals surface area contributed by atoms with Crippen LogP contribution in [0.1, 0.15) is 60.4 Å². The van der Waals surface area contributed by atoms with E-state index in [1.807, 2.05) is 0 Å². The normalized spacial score (nSPS) is 11.5. The molecule has 2 heterocycles. The van der Waals surface area contributed by atoms with E-state index in [0.717, 1.165) is 0 Å². The smallest absolute Gasteiger partial charge is 0.214 e. The molecule has 10 nitrogen and oxygen atoms in total. The van der Waals surface area contributed by atoms with Crippen LogP contribution in [0.4, 0.5) is 4.39 Å². The van der Waals surface area contributed by atoms with E-state index in [9.17, 15) is 14.0 Å². The zero-order valence-electron chi connectivity index (χ0n) is 19.8. The maximum atomic E-state index is 13.6. The van der Waals surface area contributed by atoms with Crippen LogP contribution in [0.25, 0.3) is 22.5 Å². The minimum Gasteiger partial charge on any atom is -0.287 e.